The predicted molar refractivity (Wildman–Crippen MR) is 142 cm³/mol. The molecule has 184 valence electrons. The van der Waals surface area contributed by atoms with Gasteiger partial charge in [0.25, 0.3) is 5.56 Å². The number of thioether (sulfide) groups is 1. The summed E-state index contributed by atoms with van der Waals surface area (Å²) in [4.78, 5) is 16.0. The van der Waals surface area contributed by atoms with Gasteiger partial charge in [0.05, 0.1) is 23.8 Å². The second-order valence-corrected chi connectivity index (χ2v) is 11.5. The van der Waals surface area contributed by atoms with Gasteiger partial charge in [0.2, 0.25) is 5.78 Å². The fourth-order valence-electron chi connectivity index (χ4n) is 4.69. The van der Waals surface area contributed by atoms with Gasteiger partial charge in [0.1, 0.15) is 10.6 Å². The third kappa shape index (κ3) is 3.95. The van der Waals surface area contributed by atoms with Gasteiger partial charge in [-0.3, -0.25) is 4.79 Å². The lowest BCUT2D eigenvalue weighted by atomic mass is 9.96. The fourth-order valence-corrected chi connectivity index (χ4v) is 6.88. The molecule has 2 aromatic carbocycles. The highest BCUT2D eigenvalue weighted by molar-refractivity contribution is 7.98. The highest BCUT2D eigenvalue weighted by Crippen LogP contribution is 2.38. The number of halogens is 1. The minimum atomic E-state index is -0.258. The van der Waals surface area contributed by atoms with Crippen LogP contribution in [0.5, 0.6) is 0 Å². The maximum atomic E-state index is 14.1. The summed E-state index contributed by atoms with van der Waals surface area (Å²) in [5, 5.41) is 10.4. The monoisotopic (exact) mass is 520 g/mol. The molecule has 0 radical (unpaired) electrons. The summed E-state index contributed by atoms with van der Waals surface area (Å²) in [5.74, 6) is 1.19. The zero-order valence-electron chi connectivity index (χ0n) is 20.2. The van der Waals surface area contributed by atoms with Crippen LogP contribution in [0.25, 0.3) is 21.7 Å². The Morgan fingerprint density at radius 3 is 2.75 bits per heavy atom. The van der Waals surface area contributed by atoms with Gasteiger partial charge in [-0.25, -0.2) is 13.4 Å². The third-order valence-electron chi connectivity index (χ3n) is 6.63. The molecule has 36 heavy (non-hydrogen) atoms. The van der Waals surface area contributed by atoms with E-state index in [1.807, 2.05) is 35.6 Å². The highest BCUT2D eigenvalue weighted by atomic mass is 32.2. The van der Waals surface area contributed by atoms with Crippen LogP contribution in [0.3, 0.4) is 0 Å². The number of thiophene rings is 1. The average molecular weight is 521 g/mol. The number of nitrogens with zero attached hydrogens (tertiary/aromatic N) is 4. The molecule has 0 N–H and O–H groups in total. The standard InChI is InChI=1S/C27H25FN4O2S2/c1-15(2)21-12-20-22(13-34-21)36-25-23(20)24(33)31(19-6-4-5-16(3)11-19)26-29-30-27(32(25)26)35-14-17-7-9-18(28)10-8-17/h4-11,15,21H,12-14H2,1-3H3. The molecule has 0 saturated carbocycles. The van der Waals surface area contributed by atoms with Gasteiger partial charge in [-0.1, -0.05) is 49.9 Å². The number of hydrogen-bond donors (Lipinski definition) is 0. The van der Waals surface area contributed by atoms with Gasteiger partial charge in [-0.05, 0) is 53.8 Å². The van der Waals surface area contributed by atoms with E-state index in [2.05, 4.69) is 24.0 Å². The van der Waals surface area contributed by atoms with Crippen LogP contribution in [0, 0.1) is 18.7 Å². The minimum absolute atomic E-state index is 0.0750. The Morgan fingerprint density at radius 1 is 1.19 bits per heavy atom. The molecule has 1 atom stereocenters. The zero-order valence-corrected chi connectivity index (χ0v) is 21.8. The van der Waals surface area contributed by atoms with E-state index in [1.54, 1.807) is 28.0 Å². The van der Waals surface area contributed by atoms with Gasteiger partial charge >= 0.3 is 0 Å². The van der Waals surface area contributed by atoms with E-state index >= 15 is 0 Å². The SMILES string of the molecule is Cc1cccc(-n2c(=O)c3c4c(sc3n3c(SCc5ccc(F)cc5)nnc23)COC(C(C)C)C4)c1. The normalized spacial score (nSPS) is 15.8. The Hall–Kier alpha value is -3.01. The molecule has 0 fully saturated rings. The summed E-state index contributed by atoms with van der Waals surface area (Å²) in [6.45, 7) is 6.81. The number of rotatable bonds is 5. The first-order valence-electron chi connectivity index (χ1n) is 11.9. The quantitative estimate of drug-likeness (QED) is 0.269. The van der Waals surface area contributed by atoms with E-state index in [9.17, 15) is 9.18 Å². The van der Waals surface area contributed by atoms with E-state index in [-0.39, 0.29) is 17.5 Å². The van der Waals surface area contributed by atoms with Gasteiger partial charge < -0.3 is 4.74 Å². The predicted octanol–water partition coefficient (Wildman–Crippen LogP) is 5.93. The summed E-state index contributed by atoms with van der Waals surface area (Å²) in [5.41, 5.74) is 3.81. The first-order chi connectivity index (χ1) is 17.4. The van der Waals surface area contributed by atoms with Crippen molar-refractivity contribution in [3.8, 4) is 5.69 Å². The lowest BCUT2D eigenvalue weighted by Crippen LogP contribution is -2.28. The van der Waals surface area contributed by atoms with Crippen molar-refractivity contribution in [1.82, 2.24) is 19.2 Å². The van der Waals surface area contributed by atoms with Crippen molar-refractivity contribution in [3.05, 3.63) is 86.3 Å². The number of aryl methyl sites for hydroxylation is 1. The molecular weight excluding hydrogens is 495 g/mol. The summed E-state index contributed by atoms with van der Waals surface area (Å²) in [7, 11) is 0. The maximum absolute atomic E-state index is 14.1. The van der Waals surface area contributed by atoms with Crippen molar-refractivity contribution in [3.63, 3.8) is 0 Å². The van der Waals surface area contributed by atoms with E-state index < -0.39 is 0 Å². The molecule has 1 unspecified atom stereocenters. The average Bonchev–Trinajstić information content (AvgIpc) is 3.45. The van der Waals surface area contributed by atoms with E-state index in [0.717, 1.165) is 37.5 Å². The summed E-state index contributed by atoms with van der Waals surface area (Å²) < 4.78 is 23.2. The Morgan fingerprint density at radius 2 is 2.00 bits per heavy atom. The summed E-state index contributed by atoms with van der Waals surface area (Å²) in [6.07, 6.45) is 0.785. The van der Waals surface area contributed by atoms with E-state index in [1.165, 1.54) is 23.9 Å². The lowest BCUT2D eigenvalue weighted by Gasteiger charge is -2.26. The first kappa shape index (κ1) is 23.4. The summed E-state index contributed by atoms with van der Waals surface area (Å²) >= 11 is 3.11. The number of aromatic nitrogens is 4. The number of benzene rings is 2. The Labute approximate surface area is 215 Å². The molecule has 6 nitrogen and oxygen atoms in total. The molecule has 4 heterocycles. The van der Waals surface area contributed by atoms with Crippen LogP contribution in [-0.2, 0) is 23.5 Å². The van der Waals surface area contributed by atoms with Crippen molar-refractivity contribution in [1.29, 1.82) is 0 Å². The van der Waals surface area contributed by atoms with Crippen LogP contribution in [0.2, 0.25) is 0 Å². The van der Waals surface area contributed by atoms with Crippen molar-refractivity contribution in [2.24, 2.45) is 5.92 Å². The van der Waals surface area contributed by atoms with Gasteiger partial charge in [-0.15, -0.1) is 21.5 Å². The number of hydrogen-bond acceptors (Lipinski definition) is 6. The molecule has 0 spiro atoms. The van der Waals surface area contributed by atoms with Crippen molar-refractivity contribution < 1.29 is 9.13 Å². The Kier molecular flexibility index (Phi) is 5.94. The molecule has 1 aliphatic rings. The minimum Gasteiger partial charge on any atom is -0.372 e. The van der Waals surface area contributed by atoms with Crippen LogP contribution in [-0.4, -0.2) is 25.3 Å². The molecule has 0 amide bonds. The second kappa shape index (κ2) is 9.14. The molecule has 9 heteroatoms. The molecular formula is C27H25FN4O2S2. The highest BCUT2D eigenvalue weighted by Gasteiger charge is 2.30. The Balaban J connectivity index is 1.58. The molecule has 0 saturated heterocycles. The molecule has 0 bridgehead atoms. The van der Waals surface area contributed by atoms with E-state index in [0.29, 0.717) is 35.6 Å². The smallest absolute Gasteiger partial charge is 0.268 e. The zero-order chi connectivity index (χ0) is 25.0. The fraction of sp³-hybridized carbons (Fsp3) is 0.296. The second-order valence-electron chi connectivity index (χ2n) is 9.49. The van der Waals surface area contributed by atoms with Crippen LogP contribution >= 0.6 is 23.1 Å². The van der Waals surface area contributed by atoms with Gasteiger partial charge in [-0.2, -0.15) is 0 Å². The van der Waals surface area contributed by atoms with Crippen LogP contribution in [0.15, 0.2) is 58.5 Å². The van der Waals surface area contributed by atoms with Crippen LogP contribution in [0.1, 0.15) is 35.4 Å². The molecule has 5 aromatic rings. The van der Waals surface area contributed by atoms with Gasteiger partial charge in [0, 0.05) is 17.1 Å². The topological polar surface area (TPSA) is 61.4 Å². The molecule has 6 rings (SSSR count). The van der Waals surface area contributed by atoms with Gasteiger partial charge in [0.15, 0.2) is 5.16 Å². The lowest BCUT2D eigenvalue weighted by molar-refractivity contribution is 0.00200. The van der Waals surface area contributed by atoms with E-state index in [4.69, 9.17) is 4.74 Å². The van der Waals surface area contributed by atoms with Crippen LogP contribution in [0.4, 0.5) is 4.39 Å². The third-order valence-corrected chi connectivity index (χ3v) is 8.82. The van der Waals surface area contributed by atoms with Crippen molar-refractivity contribution in [2.75, 3.05) is 0 Å². The number of fused-ring (bicyclic) bond motifs is 5. The molecule has 0 aliphatic carbocycles. The number of ether oxygens (including phenoxy) is 1. The van der Waals surface area contributed by atoms with Crippen LogP contribution < -0.4 is 5.56 Å². The summed E-state index contributed by atoms with van der Waals surface area (Å²) in [6, 6.07) is 14.4. The van der Waals surface area contributed by atoms with Crippen molar-refractivity contribution in [2.45, 2.75) is 50.8 Å². The maximum Gasteiger partial charge on any atom is 0.268 e. The first-order valence-corrected chi connectivity index (χ1v) is 13.7. The molecule has 1 aliphatic heterocycles. The molecule has 3 aromatic heterocycles. The largest absolute Gasteiger partial charge is 0.372 e. The Bertz CT molecular complexity index is 1650. The van der Waals surface area contributed by atoms with Crippen molar-refractivity contribution >= 4 is 39.1 Å².